The van der Waals surface area contributed by atoms with Gasteiger partial charge in [0.25, 0.3) is 0 Å². The van der Waals surface area contributed by atoms with E-state index < -0.39 is 0 Å². The first kappa shape index (κ1) is 23.8. The number of hydrogen-bond acceptors (Lipinski definition) is 3. The molecule has 0 amide bonds. The molecule has 0 atom stereocenters. The fourth-order valence-electron chi connectivity index (χ4n) is 2.53. The maximum Gasteiger partial charge on any atom is 0.191 e. The van der Waals surface area contributed by atoms with E-state index in [4.69, 9.17) is 32.7 Å². The van der Waals surface area contributed by atoms with Crippen LogP contribution in [0.15, 0.2) is 23.2 Å². The largest absolute Gasteiger partial charge is 0.381 e. The molecule has 1 heterocycles. The molecule has 1 fully saturated rings. The normalized spacial score (nSPS) is 15.4. The van der Waals surface area contributed by atoms with Crippen LogP contribution in [-0.4, -0.2) is 45.0 Å². The lowest BCUT2D eigenvalue weighted by molar-refractivity contribution is -0.0320. The van der Waals surface area contributed by atoms with Crippen LogP contribution >= 0.6 is 47.2 Å². The van der Waals surface area contributed by atoms with Gasteiger partial charge in [-0.3, -0.25) is 0 Å². The van der Waals surface area contributed by atoms with E-state index in [1.54, 1.807) is 6.07 Å². The Hall–Kier alpha value is -0.280. The second-order valence-electron chi connectivity index (χ2n) is 5.89. The second kappa shape index (κ2) is 13.8. The van der Waals surface area contributed by atoms with Crippen molar-refractivity contribution in [2.75, 3.05) is 32.9 Å². The Bertz CT molecular complexity index is 555. The van der Waals surface area contributed by atoms with Gasteiger partial charge in [0.1, 0.15) is 0 Å². The molecule has 0 saturated carbocycles. The molecule has 0 unspecified atom stereocenters. The van der Waals surface area contributed by atoms with Gasteiger partial charge in [0.2, 0.25) is 0 Å². The molecule has 0 aromatic heterocycles. The Labute approximate surface area is 183 Å². The molecule has 26 heavy (non-hydrogen) atoms. The van der Waals surface area contributed by atoms with E-state index in [-0.39, 0.29) is 24.0 Å². The third-order valence-corrected chi connectivity index (χ3v) is 4.49. The smallest absolute Gasteiger partial charge is 0.191 e. The third-order valence-electron chi connectivity index (χ3n) is 3.90. The zero-order valence-electron chi connectivity index (χ0n) is 15.1. The SMILES string of the molecule is CCNC(=NCc1ccc(Cl)cc1Cl)NCCCOC1CCOCC1.I. The van der Waals surface area contributed by atoms with Crippen molar-refractivity contribution in [2.45, 2.75) is 38.8 Å². The van der Waals surface area contributed by atoms with Crippen molar-refractivity contribution < 1.29 is 9.47 Å². The number of benzene rings is 1. The lowest BCUT2D eigenvalue weighted by atomic mass is 10.1. The van der Waals surface area contributed by atoms with Crippen LogP contribution in [0.5, 0.6) is 0 Å². The molecule has 1 aliphatic rings. The van der Waals surface area contributed by atoms with Crippen LogP contribution in [-0.2, 0) is 16.0 Å². The maximum absolute atomic E-state index is 6.19. The minimum Gasteiger partial charge on any atom is -0.381 e. The Morgan fingerprint density at radius 3 is 2.73 bits per heavy atom. The highest BCUT2D eigenvalue weighted by atomic mass is 127. The summed E-state index contributed by atoms with van der Waals surface area (Å²) in [6, 6.07) is 5.47. The zero-order chi connectivity index (χ0) is 17.9. The topological polar surface area (TPSA) is 54.9 Å². The van der Waals surface area contributed by atoms with Crippen molar-refractivity contribution >= 4 is 53.1 Å². The van der Waals surface area contributed by atoms with E-state index in [2.05, 4.69) is 15.6 Å². The molecule has 2 rings (SSSR count). The van der Waals surface area contributed by atoms with Crippen molar-refractivity contribution in [3.63, 3.8) is 0 Å². The molecule has 0 aliphatic carbocycles. The van der Waals surface area contributed by atoms with Gasteiger partial charge in [0.15, 0.2) is 5.96 Å². The lowest BCUT2D eigenvalue weighted by Crippen LogP contribution is -2.38. The van der Waals surface area contributed by atoms with Crippen molar-refractivity contribution in [1.82, 2.24) is 10.6 Å². The third kappa shape index (κ3) is 9.08. The van der Waals surface area contributed by atoms with Crippen LogP contribution in [0.3, 0.4) is 0 Å². The number of guanidine groups is 1. The monoisotopic (exact) mass is 515 g/mol. The van der Waals surface area contributed by atoms with Gasteiger partial charge in [0.05, 0.1) is 12.6 Å². The van der Waals surface area contributed by atoms with Crippen LogP contribution in [0, 0.1) is 0 Å². The summed E-state index contributed by atoms with van der Waals surface area (Å²) in [5.41, 5.74) is 0.950. The fourth-order valence-corrected chi connectivity index (χ4v) is 3.00. The molecule has 0 spiro atoms. The van der Waals surface area contributed by atoms with Gasteiger partial charge in [-0.15, -0.1) is 24.0 Å². The zero-order valence-corrected chi connectivity index (χ0v) is 18.9. The predicted octanol–water partition coefficient (Wildman–Crippen LogP) is 4.25. The highest BCUT2D eigenvalue weighted by Crippen LogP contribution is 2.21. The molecule has 1 aliphatic heterocycles. The molecule has 148 valence electrons. The van der Waals surface area contributed by atoms with Crippen LogP contribution in [0.25, 0.3) is 0 Å². The summed E-state index contributed by atoms with van der Waals surface area (Å²) in [5.74, 6) is 0.777. The van der Waals surface area contributed by atoms with E-state index in [0.717, 1.165) is 63.7 Å². The Balaban J connectivity index is 0.00000338. The number of nitrogens with zero attached hydrogens (tertiary/aromatic N) is 1. The van der Waals surface area contributed by atoms with Gasteiger partial charge in [-0.2, -0.15) is 0 Å². The van der Waals surface area contributed by atoms with Gasteiger partial charge in [-0.1, -0.05) is 29.3 Å². The molecule has 1 saturated heterocycles. The molecule has 1 aromatic carbocycles. The lowest BCUT2D eigenvalue weighted by Gasteiger charge is -2.22. The van der Waals surface area contributed by atoms with Crippen LogP contribution in [0.1, 0.15) is 31.7 Å². The number of ether oxygens (including phenoxy) is 2. The van der Waals surface area contributed by atoms with E-state index in [9.17, 15) is 0 Å². The molecule has 1 aromatic rings. The molecule has 2 N–H and O–H groups in total. The molecule has 0 radical (unpaired) electrons. The first-order chi connectivity index (χ1) is 12.2. The second-order valence-corrected chi connectivity index (χ2v) is 6.74. The molecule has 8 heteroatoms. The summed E-state index contributed by atoms with van der Waals surface area (Å²) in [6.45, 7) is 6.54. The summed E-state index contributed by atoms with van der Waals surface area (Å²) in [5, 5.41) is 7.83. The van der Waals surface area contributed by atoms with Gasteiger partial charge < -0.3 is 20.1 Å². The summed E-state index contributed by atoms with van der Waals surface area (Å²) in [7, 11) is 0. The van der Waals surface area contributed by atoms with Gasteiger partial charge in [0, 0.05) is 43.0 Å². The molecule has 0 bridgehead atoms. The number of hydrogen-bond donors (Lipinski definition) is 2. The number of halogens is 3. The minimum atomic E-state index is 0. The predicted molar refractivity (Wildman–Crippen MR) is 119 cm³/mol. The molecular weight excluding hydrogens is 488 g/mol. The van der Waals surface area contributed by atoms with Crippen molar-refractivity contribution in [3.8, 4) is 0 Å². The summed E-state index contributed by atoms with van der Waals surface area (Å²) in [4.78, 5) is 4.57. The van der Waals surface area contributed by atoms with Crippen LogP contribution in [0.2, 0.25) is 10.0 Å². The van der Waals surface area contributed by atoms with Gasteiger partial charge in [-0.05, 0) is 43.9 Å². The summed E-state index contributed by atoms with van der Waals surface area (Å²) < 4.78 is 11.2. The Morgan fingerprint density at radius 1 is 1.27 bits per heavy atom. The van der Waals surface area contributed by atoms with Crippen LogP contribution < -0.4 is 10.6 Å². The van der Waals surface area contributed by atoms with E-state index in [1.807, 2.05) is 19.1 Å². The average Bonchev–Trinajstić information content (AvgIpc) is 2.61. The quantitative estimate of drug-likeness (QED) is 0.235. The maximum atomic E-state index is 6.19. The highest BCUT2D eigenvalue weighted by molar-refractivity contribution is 14.0. The van der Waals surface area contributed by atoms with E-state index >= 15 is 0 Å². The van der Waals surface area contributed by atoms with Crippen molar-refractivity contribution in [1.29, 1.82) is 0 Å². The Kier molecular flexibility index (Phi) is 12.6. The standard InChI is InChI=1S/C18H27Cl2N3O2.HI/c1-2-21-18(23-13-14-4-5-15(19)12-17(14)20)22-8-3-9-25-16-6-10-24-11-7-16;/h4-5,12,16H,2-3,6-11,13H2,1H3,(H2,21,22,23);1H. The van der Waals surface area contributed by atoms with Crippen molar-refractivity contribution in [2.24, 2.45) is 4.99 Å². The average molecular weight is 516 g/mol. The first-order valence-electron chi connectivity index (χ1n) is 8.84. The molecule has 5 nitrogen and oxygen atoms in total. The summed E-state index contributed by atoms with van der Waals surface area (Å²) in [6.07, 6.45) is 3.28. The minimum absolute atomic E-state index is 0. The van der Waals surface area contributed by atoms with Crippen LogP contribution in [0.4, 0.5) is 0 Å². The number of aliphatic imine (C=N–C) groups is 1. The fraction of sp³-hybridized carbons (Fsp3) is 0.611. The number of nitrogens with one attached hydrogen (secondary N) is 2. The van der Waals surface area contributed by atoms with Gasteiger partial charge in [-0.25, -0.2) is 4.99 Å². The Morgan fingerprint density at radius 2 is 2.04 bits per heavy atom. The number of rotatable bonds is 8. The van der Waals surface area contributed by atoms with E-state index in [0.29, 0.717) is 22.7 Å². The first-order valence-corrected chi connectivity index (χ1v) is 9.60. The van der Waals surface area contributed by atoms with Gasteiger partial charge >= 0.3 is 0 Å². The van der Waals surface area contributed by atoms with Crippen molar-refractivity contribution in [3.05, 3.63) is 33.8 Å². The van der Waals surface area contributed by atoms with E-state index in [1.165, 1.54) is 0 Å². The summed E-state index contributed by atoms with van der Waals surface area (Å²) >= 11 is 12.1. The highest BCUT2D eigenvalue weighted by Gasteiger charge is 2.13. The molecular formula is C18H28Cl2IN3O2.